The molecule has 0 atom stereocenters. The molecule has 0 fully saturated rings. The van der Waals surface area contributed by atoms with Gasteiger partial charge in [0.15, 0.2) is 15.8 Å². The minimum Gasteiger partial charge on any atom is -0.493 e. The quantitative estimate of drug-likeness (QED) is 0.353. The molecule has 0 aliphatic heterocycles. The van der Waals surface area contributed by atoms with Crippen molar-refractivity contribution in [1.29, 1.82) is 0 Å². The van der Waals surface area contributed by atoms with E-state index >= 15 is 0 Å². The molecule has 7 nitrogen and oxygen atoms in total. The Bertz CT molecular complexity index is 1100. The third kappa shape index (κ3) is 4.64. The molecule has 1 N–H and O–H groups in total. The van der Waals surface area contributed by atoms with Crippen LogP contribution >= 0.6 is 23.1 Å². The molecule has 0 radical (unpaired) electrons. The lowest BCUT2D eigenvalue weighted by Crippen LogP contribution is -2.14. The largest absolute Gasteiger partial charge is 0.493 e. The van der Waals surface area contributed by atoms with Gasteiger partial charge in [0.05, 0.1) is 19.0 Å². The van der Waals surface area contributed by atoms with Crippen LogP contribution in [0.3, 0.4) is 0 Å². The predicted octanol–water partition coefficient (Wildman–Crippen LogP) is 4.28. The average Bonchev–Trinajstić information content (AvgIpc) is 3.40. The fourth-order valence-corrected chi connectivity index (χ4v) is 4.27. The molecule has 0 aliphatic carbocycles. The molecule has 2 heterocycles. The standard InChI is InChI=1S/C20H17N5O2S2/c1-27-16-12-25(15-10-6-3-7-11-15)24-17(16)18(26)21-19-22-23-20(29-19)28-13-14-8-4-2-5-9-14/h2-12H,13H2,1H3,(H,21,22,26). The highest BCUT2D eigenvalue weighted by Gasteiger charge is 2.20. The maximum absolute atomic E-state index is 12.7. The minimum absolute atomic E-state index is 0.185. The van der Waals surface area contributed by atoms with Crippen LogP contribution in [0.1, 0.15) is 16.1 Å². The summed E-state index contributed by atoms with van der Waals surface area (Å²) in [6.45, 7) is 0. The SMILES string of the molecule is COc1cn(-c2ccccc2)nc1C(=O)Nc1nnc(SCc2ccccc2)s1. The van der Waals surface area contributed by atoms with Crippen LogP contribution in [-0.4, -0.2) is 33.0 Å². The molecule has 0 saturated carbocycles. The molecule has 4 aromatic rings. The molecule has 0 saturated heterocycles. The van der Waals surface area contributed by atoms with Crippen LogP contribution in [0.15, 0.2) is 71.2 Å². The summed E-state index contributed by atoms with van der Waals surface area (Å²) >= 11 is 2.90. The molecular weight excluding hydrogens is 406 g/mol. The van der Waals surface area contributed by atoms with Gasteiger partial charge in [-0.1, -0.05) is 71.6 Å². The molecule has 2 aromatic carbocycles. The van der Waals surface area contributed by atoms with Crippen molar-refractivity contribution in [2.75, 3.05) is 12.4 Å². The molecule has 0 unspecified atom stereocenters. The number of aromatic nitrogens is 4. The number of para-hydroxylation sites is 1. The predicted molar refractivity (Wildman–Crippen MR) is 114 cm³/mol. The maximum Gasteiger partial charge on any atom is 0.281 e. The normalized spacial score (nSPS) is 10.7. The van der Waals surface area contributed by atoms with Crippen LogP contribution in [0, 0.1) is 0 Å². The molecular formula is C20H17N5O2S2. The Kier molecular flexibility index (Phi) is 5.87. The number of hydrogen-bond acceptors (Lipinski definition) is 7. The van der Waals surface area contributed by atoms with Crippen LogP contribution in [-0.2, 0) is 5.75 Å². The zero-order valence-corrected chi connectivity index (χ0v) is 17.1. The van der Waals surface area contributed by atoms with Gasteiger partial charge in [-0.15, -0.1) is 10.2 Å². The molecule has 4 rings (SSSR count). The number of nitrogens with zero attached hydrogens (tertiary/aromatic N) is 4. The van der Waals surface area contributed by atoms with E-state index in [4.69, 9.17) is 4.74 Å². The van der Waals surface area contributed by atoms with Crippen molar-refractivity contribution in [2.24, 2.45) is 0 Å². The summed E-state index contributed by atoms with van der Waals surface area (Å²) in [7, 11) is 1.51. The van der Waals surface area contributed by atoms with E-state index in [9.17, 15) is 4.79 Å². The molecule has 146 valence electrons. The summed E-state index contributed by atoms with van der Waals surface area (Å²) in [4.78, 5) is 12.7. The summed E-state index contributed by atoms with van der Waals surface area (Å²) in [6.07, 6.45) is 1.67. The lowest BCUT2D eigenvalue weighted by molar-refractivity contribution is 0.101. The summed E-state index contributed by atoms with van der Waals surface area (Å²) < 4.78 is 7.71. The van der Waals surface area contributed by atoms with Crippen molar-refractivity contribution >= 4 is 34.1 Å². The first-order chi connectivity index (χ1) is 14.2. The van der Waals surface area contributed by atoms with Gasteiger partial charge in [0.2, 0.25) is 5.13 Å². The zero-order valence-electron chi connectivity index (χ0n) is 15.5. The van der Waals surface area contributed by atoms with E-state index in [0.717, 1.165) is 15.8 Å². The number of nitrogens with one attached hydrogen (secondary N) is 1. The van der Waals surface area contributed by atoms with Gasteiger partial charge >= 0.3 is 0 Å². The first kappa shape index (κ1) is 19.2. The molecule has 0 spiro atoms. The summed E-state index contributed by atoms with van der Waals surface area (Å²) in [5, 5.41) is 15.7. The smallest absolute Gasteiger partial charge is 0.281 e. The van der Waals surface area contributed by atoms with Gasteiger partial charge < -0.3 is 4.74 Å². The van der Waals surface area contributed by atoms with Crippen LogP contribution in [0.25, 0.3) is 5.69 Å². The molecule has 2 aromatic heterocycles. The monoisotopic (exact) mass is 423 g/mol. The second kappa shape index (κ2) is 8.89. The molecule has 29 heavy (non-hydrogen) atoms. The maximum atomic E-state index is 12.7. The summed E-state index contributed by atoms with van der Waals surface area (Å²) in [6, 6.07) is 19.6. The Morgan fingerprint density at radius 2 is 1.83 bits per heavy atom. The lowest BCUT2D eigenvalue weighted by atomic mass is 10.2. The number of thioether (sulfide) groups is 1. The van der Waals surface area contributed by atoms with E-state index < -0.39 is 5.91 Å². The molecule has 9 heteroatoms. The fourth-order valence-electron chi connectivity index (χ4n) is 2.57. The third-order valence-corrected chi connectivity index (χ3v) is 6.01. The number of amides is 1. The lowest BCUT2D eigenvalue weighted by Gasteiger charge is -2.00. The Labute approximate surface area is 175 Å². The number of benzene rings is 2. The van der Waals surface area contributed by atoms with E-state index in [-0.39, 0.29) is 5.69 Å². The number of carbonyl (C=O) groups excluding carboxylic acids is 1. The van der Waals surface area contributed by atoms with Gasteiger partial charge in [0.25, 0.3) is 5.91 Å². The zero-order chi connectivity index (χ0) is 20.1. The van der Waals surface area contributed by atoms with Crippen molar-refractivity contribution in [2.45, 2.75) is 10.1 Å². The van der Waals surface area contributed by atoms with Crippen molar-refractivity contribution < 1.29 is 9.53 Å². The van der Waals surface area contributed by atoms with Gasteiger partial charge in [0.1, 0.15) is 0 Å². The molecule has 1 amide bonds. The highest BCUT2D eigenvalue weighted by atomic mass is 32.2. The highest BCUT2D eigenvalue weighted by molar-refractivity contribution is 8.00. The van der Waals surface area contributed by atoms with E-state index in [1.54, 1.807) is 22.6 Å². The van der Waals surface area contributed by atoms with Crippen molar-refractivity contribution in [3.63, 3.8) is 0 Å². The Balaban J connectivity index is 1.44. The van der Waals surface area contributed by atoms with E-state index in [1.807, 2.05) is 48.5 Å². The first-order valence-electron chi connectivity index (χ1n) is 8.73. The van der Waals surface area contributed by atoms with Crippen LogP contribution in [0.4, 0.5) is 5.13 Å². The van der Waals surface area contributed by atoms with Crippen molar-refractivity contribution in [3.8, 4) is 11.4 Å². The van der Waals surface area contributed by atoms with Crippen LogP contribution in [0.5, 0.6) is 5.75 Å². The number of anilines is 1. The van der Waals surface area contributed by atoms with E-state index in [2.05, 4.69) is 32.7 Å². The molecule has 0 aliphatic rings. The van der Waals surface area contributed by atoms with E-state index in [1.165, 1.54) is 24.0 Å². The summed E-state index contributed by atoms with van der Waals surface area (Å²) in [5.74, 6) is 0.778. The second-order valence-corrected chi connectivity index (χ2v) is 8.13. The topological polar surface area (TPSA) is 81.9 Å². The van der Waals surface area contributed by atoms with E-state index in [0.29, 0.717) is 10.9 Å². The van der Waals surface area contributed by atoms with Gasteiger partial charge in [-0.2, -0.15) is 5.10 Å². The average molecular weight is 424 g/mol. The second-order valence-electron chi connectivity index (χ2n) is 5.93. The number of ether oxygens (including phenoxy) is 1. The summed E-state index contributed by atoms with van der Waals surface area (Å²) in [5.41, 5.74) is 2.22. The Morgan fingerprint density at radius 1 is 1.10 bits per heavy atom. The van der Waals surface area contributed by atoms with Gasteiger partial charge in [0, 0.05) is 5.75 Å². The van der Waals surface area contributed by atoms with Gasteiger partial charge in [-0.05, 0) is 17.7 Å². The minimum atomic E-state index is -0.396. The fraction of sp³-hybridized carbons (Fsp3) is 0.100. The Hall–Kier alpha value is -3.17. The molecule has 0 bridgehead atoms. The number of hydrogen-bond donors (Lipinski definition) is 1. The first-order valence-corrected chi connectivity index (χ1v) is 10.5. The number of rotatable bonds is 7. The van der Waals surface area contributed by atoms with Gasteiger partial charge in [-0.3, -0.25) is 10.1 Å². The van der Waals surface area contributed by atoms with Crippen molar-refractivity contribution in [1.82, 2.24) is 20.0 Å². The Morgan fingerprint density at radius 3 is 2.55 bits per heavy atom. The van der Waals surface area contributed by atoms with Crippen molar-refractivity contribution in [3.05, 3.63) is 78.1 Å². The number of methoxy groups -OCH3 is 1. The van der Waals surface area contributed by atoms with Crippen LogP contribution in [0.2, 0.25) is 0 Å². The number of carbonyl (C=O) groups is 1. The highest BCUT2D eigenvalue weighted by Crippen LogP contribution is 2.29. The van der Waals surface area contributed by atoms with Crippen LogP contribution < -0.4 is 10.1 Å². The van der Waals surface area contributed by atoms with Gasteiger partial charge in [-0.25, -0.2) is 4.68 Å². The third-order valence-electron chi connectivity index (χ3n) is 3.97.